The predicted molar refractivity (Wildman–Crippen MR) is 83.9 cm³/mol. The standard InChI is InChI=1S/C15H26N2O2S/c1-5-11(6-2)13-14(15(18)19)20-12(16-13)9-10-17(7-3)8-4/h11H,5-10H2,1-4H3,(H,18,19). The molecule has 0 amide bonds. The second kappa shape index (κ2) is 8.37. The van der Waals surface area contributed by atoms with Crippen molar-refractivity contribution < 1.29 is 9.90 Å². The van der Waals surface area contributed by atoms with Crippen LogP contribution in [0.4, 0.5) is 0 Å². The number of hydrogen-bond donors (Lipinski definition) is 1. The van der Waals surface area contributed by atoms with Gasteiger partial charge in [0.25, 0.3) is 0 Å². The normalized spacial score (nSPS) is 11.5. The molecular formula is C15H26N2O2S. The van der Waals surface area contributed by atoms with Crippen molar-refractivity contribution in [1.82, 2.24) is 9.88 Å². The van der Waals surface area contributed by atoms with Crippen LogP contribution in [-0.4, -0.2) is 40.6 Å². The quantitative estimate of drug-likeness (QED) is 0.756. The van der Waals surface area contributed by atoms with E-state index in [0.717, 1.165) is 49.6 Å². The number of carboxylic acids is 1. The molecule has 1 aromatic rings. The monoisotopic (exact) mass is 298 g/mol. The Morgan fingerprint density at radius 2 is 1.85 bits per heavy atom. The lowest BCUT2D eigenvalue weighted by atomic mass is 9.98. The Labute approximate surface area is 125 Å². The Hall–Kier alpha value is -0.940. The first-order chi connectivity index (χ1) is 9.57. The molecule has 114 valence electrons. The largest absolute Gasteiger partial charge is 0.477 e. The number of aromatic carboxylic acids is 1. The minimum absolute atomic E-state index is 0.263. The molecule has 0 atom stereocenters. The lowest BCUT2D eigenvalue weighted by Crippen LogP contribution is -2.25. The Kier molecular flexibility index (Phi) is 7.16. The van der Waals surface area contributed by atoms with Crippen molar-refractivity contribution in [1.29, 1.82) is 0 Å². The van der Waals surface area contributed by atoms with E-state index in [1.54, 1.807) is 0 Å². The van der Waals surface area contributed by atoms with Gasteiger partial charge in [-0.3, -0.25) is 0 Å². The predicted octanol–water partition coefficient (Wildman–Crippen LogP) is 3.63. The second-order valence-electron chi connectivity index (χ2n) is 4.92. The summed E-state index contributed by atoms with van der Waals surface area (Å²) in [5, 5.41) is 10.3. The van der Waals surface area contributed by atoms with Crippen molar-refractivity contribution in [3.05, 3.63) is 15.6 Å². The maximum Gasteiger partial charge on any atom is 0.347 e. The van der Waals surface area contributed by atoms with Crippen LogP contribution in [0.15, 0.2) is 0 Å². The molecule has 1 N–H and O–H groups in total. The van der Waals surface area contributed by atoms with Gasteiger partial charge in [-0.15, -0.1) is 11.3 Å². The van der Waals surface area contributed by atoms with E-state index in [2.05, 4.69) is 37.6 Å². The summed E-state index contributed by atoms with van der Waals surface area (Å²) in [5.74, 6) is -0.571. The SMILES string of the molecule is CCC(CC)c1nc(CCN(CC)CC)sc1C(=O)O. The molecule has 0 aromatic carbocycles. The molecule has 0 spiro atoms. The van der Waals surface area contributed by atoms with Crippen molar-refractivity contribution in [3.8, 4) is 0 Å². The van der Waals surface area contributed by atoms with Gasteiger partial charge in [0, 0.05) is 18.9 Å². The van der Waals surface area contributed by atoms with Gasteiger partial charge in [0.2, 0.25) is 0 Å². The molecule has 4 nitrogen and oxygen atoms in total. The highest BCUT2D eigenvalue weighted by atomic mass is 32.1. The zero-order valence-corrected chi connectivity index (χ0v) is 13.8. The molecule has 20 heavy (non-hydrogen) atoms. The highest BCUT2D eigenvalue weighted by Gasteiger charge is 2.22. The van der Waals surface area contributed by atoms with Crippen molar-refractivity contribution in [3.63, 3.8) is 0 Å². The van der Waals surface area contributed by atoms with Gasteiger partial charge in [0.1, 0.15) is 4.88 Å². The summed E-state index contributed by atoms with van der Waals surface area (Å²) in [7, 11) is 0. The van der Waals surface area contributed by atoms with Crippen LogP contribution in [0, 0.1) is 0 Å². The first kappa shape index (κ1) is 17.1. The molecule has 0 aliphatic rings. The van der Waals surface area contributed by atoms with Crippen LogP contribution in [0.1, 0.15) is 66.8 Å². The molecule has 0 aliphatic heterocycles. The number of thiazole rings is 1. The Morgan fingerprint density at radius 3 is 2.30 bits per heavy atom. The van der Waals surface area contributed by atoms with Crippen LogP contribution >= 0.6 is 11.3 Å². The summed E-state index contributed by atoms with van der Waals surface area (Å²) in [6, 6.07) is 0. The number of carbonyl (C=O) groups is 1. The Balaban J connectivity index is 2.89. The van der Waals surface area contributed by atoms with E-state index in [-0.39, 0.29) is 5.92 Å². The third kappa shape index (κ3) is 4.28. The molecule has 0 saturated carbocycles. The van der Waals surface area contributed by atoms with Crippen molar-refractivity contribution in [2.75, 3.05) is 19.6 Å². The number of hydrogen-bond acceptors (Lipinski definition) is 4. The molecular weight excluding hydrogens is 272 g/mol. The molecule has 0 radical (unpaired) electrons. The average molecular weight is 298 g/mol. The summed E-state index contributed by atoms with van der Waals surface area (Å²) >= 11 is 1.35. The van der Waals surface area contributed by atoms with Crippen LogP contribution < -0.4 is 0 Å². The van der Waals surface area contributed by atoms with E-state index in [0.29, 0.717) is 4.88 Å². The van der Waals surface area contributed by atoms with Crippen molar-refractivity contribution >= 4 is 17.3 Å². The average Bonchev–Trinajstić information content (AvgIpc) is 2.86. The smallest absolute Gasteiger partial charge is 0.347 e. The van der Waals surface area contributed by atoms with E-state index >= 15 is 0 Å². The summed E-state index contributed by atoms with van der Waals surface area (Å²) in [4.78, 5) is 18.8. The van der Waals surface area contributed by atoms with Gasteiger partial charge in [-0.05, 0) is 25.9 Å². The van der Waals surface area contributed by atoms with Gasteiger partial charge in [-0.25, -0.2) is 9.78 Å². The van der Waals surface area contributed by atoms with E-state index < -0.39 is 5.97 Å². The van der Waals surface area contributed by atoms with Gasteiger partial charge in [-0.2, -0.15) is 0 Å². The number of rotatable bonds is 9. The van der Waals surface area contributed by atoms with Crippen LogP contribution in [0.25, 0.3) is 0 Å². The maximum atomic E-state index is 11.4. The number of likely N-dealkylation sites (N-methyl/N-ethyl adjacent to an activating group) is 1. The Morgan fingerprint density at radius 1 is 1.25 bits per heavy atom. The first-order valence-corrected chi connectivity index (χ1v) is 8.34. The lowest BCUT2D eigenvalue weighted by Gasteiger charge is -2.16. The highest BCUT2D eigenvalue weighted by Crippen LogP contribution is 2.30. The van der Waals surface area contributed by atoms with Gasteiger partial charge in [-0.1, -0.05) is 27.7 Å². The van der Waals surface area contributed by atoms with E-state index in [9.17, 15) is 9.90 Å². The topological polar surface area (TPSA) is 53.4 Å². The third-order valence-electron chi connectivity index (χ3n) is 3.80. The molecule has 1 aromatic heterocycles. The van der Waals surface area contributed by atoms with Crippen LogP contribution in [0.3, 0.4) is 0 Å². The molecule has 0 saturated heterocycles. The summed E-state index contributed by atoms with van der Waals surface area (Å²) in [6.07, 6.45) is 2.72. The van der Waals surface area contributed by atoms with Gasteiger partial charge >= 0.3 is 5.97 Å². The van der Waals surface area contributed by atoms with Gasteiger partial charge < -0.3 is 10.0 Å². The minimum Gasteiger partial charge on any atom is -0.477 e. The fourth-order valence-electron chi connectivity index (χ4n) is 2.38. The van der Waals surface area contributed by atoms with Crippen molar-refractivity contribution in [2.45, 2.75) is 52.9 Å². The maximum absolute atomic E-state index is 11.4. The molecule has 0 aliphatic carbocycles. The first-order valence-electron chi connectivity index (χ1n) is 7.52. The van der Waals surface area contributed by atoms with Crippen molar-refractivity contribution in [2.24, 2.45) is 0 Å². The number of aromatic nitrogens is 1. The summed E-state index contributed by atoms with van der Waals surface area (Å²) in [5.41, 5.74) is 0.794. The fraction of sp³-hybridized carbons (Fsp3) is 0.733. The fourth-order valence-corrected chi connectivity index (χ4v) is 3.36. The molecule has 1 rings (SSSR count). The molecule has 0 unspecified atom stereocenters. The lowest BCUT2D eigenvalue weighted by molar-refractivity contribution is 0.0700. The highest BCUT2D eigenvalue weighted by molar-refractivity contribution is 7.13. The minimum atomic E-state index is -0.835. The van der Waals surface area contributed by atoms with Gasteiger partial charge in [0.15, 0.2) is 0 Å². The van der Waals surface area contributed by atoms with E-state index in [1.165, 1.54) is 11.3 Å². The van der Waals surface area contributed by atoms with Crippen LogP contribution in [-0.2, 0) is 6.42 Å². The molecule has 5 heteroatoms. The van der Waals surface area contributed by atoms with E-state index in [4.69, 9.17) is 0 Å². The second-order valence-corrected chi connectivity index (χ2v) is 6.00. The molecule has 0 fully saturated rings. The zero-order chi connectivity index (χ0) is 15.1. The zero-order valence-electron chi connectivity index (χ0n) is 13.0. The molecule has 1 heterocycles. The third-order valence-corrected chi connectivity index (χ3v) is 4.92. The van der Waals surface area contributed by atoms with Crippen LogP contribution in [0.5, 0.6) is 0 Å². The van der Waals surface area contributed by atoms with Crippen LogP contribution in [0.2, 0.25) is 0 Å². The number of nitrogens with zero attached hydrogens (tertiary/aromatic N) is 2. The van der Waals surface area contributed by atoms with Gasteiger partial charge in [0.05, 0.1) is 10.7 Å². The summed E-state index contributed by atoms with van der Waals surface area (Å²) < 4.78 is 0. The Bertz CT molecular complexity index is 424. The summed E-state index contributed by atoms with van der Waals surface area (Å²) in [6.45, 7) is 11.5. The molecule has 0 bridgehead atoms. The number of carboxylic acid groups (broad SMARTS) is 1. The van der Waals surface area contributed by atoms with E-state index in [1.807, 2.05) is 0 Å².